The Balaban J connectivity index is 2.99. The molecular weight excluding hydrogens is 196 g/mol. The van der Waals surface area contributed by atoms with Gasteiger partial charge in [0, 0.05) is 12.1 Å². The molecule has 1 aromatic rings. The minimum Gasteiger partial charge on any atom is -0.326 e. The lowest BCUT2D eigenvalue weighted by Crippen LogP contribution is -2.36. The second kappa shape index (κ2) is 6.02. The number of hydrogen-bond donors (Lipinski definition) is 2. The van der Waals surface area contributed by atoms with E-state index in [2.05, 4.69) is 38.1 Å². The van der Waals surface area contributed by atoms with Gasteiger partial charge in [-0.1, -0.05) is 51.0 Å². The first-order valence-electron chi connectivity index (χ1n) is 6.24. The minimum absolute atomic E-state index is 0.172. The van der Waals surface area contributed by atoms with Gasteiger partial charge in [0.15, 0.2) is 0 Å². The van der Waals surface area contributed by atoms with Crippen LogP contribution in [0, 0.1) is 0 Å². The molecule has 0 aliphatic carbocycles. The highest BCUT2D eigenvalue weighted by Gasteiger charge is 2.25. The topological polar surface area (TPSA) is 52.0 Å². The largest absolute Gasteiger partial charge is 0.326 e. The normalized spacial score (nSPS) is 11.8. The van der Waals surface area contributed by atoms with E-state index in [0.717, 1.165) is 25.7 Å². The van der Waals surface area contributed by atoms with Crippen molar-refractivity contribution >= 4 is 0 Å². The minimum atomic E-state index is -0.172. The first-order valence-corrected chi connectivity index (χ1v) is 6.24. The van der Waals surface area contributed by atoms with E-state index in [1.165, 1.54) is 11.1 Å². The molecule has 4 N–H and O–H groups in total. The summed E-state index contributed by atoms with van der Waals surface area (Å²) < 4.78 is 0. The number of benzene rings is 1. The molecule has 0 unspecified atom stereocenters. The van der Waals surface area contributed by atoms with Crippen LogP contribution in [0.3, 0.4) is 0 Å². The van der Waals surface area contributed by atoms with Gasteiger partial charge in [0.1, 0.15) is 0 Å². The molecule has 1 aromatic carbocycles. The summed E-state index contributed by atoms with van der Waals surface area (Å²) in [5.74, 6) is 0. The van der Waals surface area contributed by atoms with Gasteiger partial charge in [-0.2, -0.15) is 0 Å². The van der Waals surface area contributed by atoms with Crippen LogP contribution in [0.1, 0.15) is 50.7 Å². The zero-order chi connectivity index (χ0) is 12.0. The van der Waals surface area contributed by atoms with Crippen molar-refractivity contribution in [2.24, 2.45) is 11.5 Å². The molecule has 1 rings (SSSR count). The fraction of sp³-hybridized carbons (Fsp3) is 0.571. The van der Waals surface area contributed by atoms with Crippen molar-refractivity contribution in [3.05, 3.63) is 35.4 Å². The molecule has 0 spiro atoms. The Morgan fingerprint density at radius 3 is 2.25 bits per heavy atom. The smallest absolute Gasteiger partial charge is 0.0409 e. The van der Waals surface area contributed by atoms with Crippen molar-refractivity contribution in [2.45, 2.75) is 51.6 Å². The lowest BCUT2D eigenvalue weighted by atomic mass is 9.82. The summed E-state index contributed by atoms with van der Waals surface area (Å²) in [6.45, 7) is 4.95. The molecule has 2 nitrogen and oxygen atoms in total. The first kappa shape index (κ1) is 13.2. The summed E-state index contributed by atoms with van der Waals surface area (Å²) in [7, 11) is 0. The van der Waals surface area contributed by atoms with Gasteiger partial charge >= 0.3 is 0 Å². The zero-order valence-electron chi connectivity index (χ0n) is 10.5. The third-order valence-electron chi connectivity index (χ3n) is 3.13. The van der Waals surface area contributed by atoms with Gasteiger partial charge in [-0.15, -0.1) is 0 Å². The number of nitrogens with two attached hydrogens (primary N) is 2. The fourth-order valence-electron chi connectivity index (χ4n) is 2.31. The van der Waals surface area contributed by atoms with Crippen LogP contribution in [-0.4, -0.2) is 0 Å². The van der Waals surface area contributed by atoms with Gasteiger partial charge in [-0.3, -0.25) is 0 Å². The molecule has 2 heteroatoms. The number of hydrogen-bond acceptors (Lipinski definition) is 2. The van der Waals surface area contributed by atoms with Crippen LogP contribution in [0.25, 0.3) is 0 Å². The third-order valence-corrected chi connectivity index (χ3v) is 3.13. The fourth-order valence-corrected chi connectivity index (χ4v) is 2.31. The Kier molecular flexibility index (Phi) is 4.97. The van der Waals surface area contributed by atoms with Gasteiger partial charge in [0.2, 0.25) is 0 Å². The standard InChI is InChI=1S/C14H24N2/c1-3-8-14(16,9-4-2)13-7-5-6-12(10-13)11-15/h5-7,10H,3-4,8-9,11,15-16H2,1-2H3. The maximum Gasteiger partial charge on any atom is 0.0409 e. The molecule has 0 aliphatic rings. The van der Waals surface area contributed by atoms with Crippen LogP contribution >= 0.6 is 0 Å². The Morgan fingerprint density at radius 1 is 1.12 bits per heavy atom. The third kappa shape index (κ3) is 3.06. The summed E-state index contributed by atoms with van der Waals surface area (Å²) in [4.78, 5) is 0. The van der Waals surface area contributed by atoms with E-state index in [1.54, 1.807) is 0 Å². The molecule has 0 atom stereocenters. The Labute approximate surface area is 99.0 Å². The number of rotatable bonds is 6. The second-order valence-corrected chi connectivity index (χ2v) is 4.56. The van der Waals surface area contributed by atoms with Crippen molar-refractivity contribution < 1.29 is 0 Å². The zero-order valence-corrected chi connectivity index (χ0v) is 10.5. The average molecular weight is 220 g/mol. The summed E-state index contributed by atoms with van der Waals surface area (Å²) in [5, 5.41) is 0. The van der Waals surface area contributed by atoms with E-state index in [1.807, 2.05) is 0 Å². The summed E-state index contributed by atoms with van der Waals surface area (Å²) in [6.07, 6.45) is 4.30. The van der Waals surface area contributed by atoms with Crippen LogP contribution in [-0.2, 0) is 12.1 Å². The SMILES string of the molecule is CCCC(N)(CCC)c1cccc(CN)c1. The molecule has 0 fully saturated rings. The lowest BCUT2D eigenvalue weighted by molar-refractivity contribution is 0.369. The summed E-state index contributed by atoms with van der Waals surface area (Å²) >= 11 is 0. The van der Waals surface area contributed by atoms with Crippen molar-refractivity contribution in [3.8, 4) is 0 Å². The summed E-state index contributed by atoms with van der Waals surface area (Å²) in [6, 6.07) is 8.40. The Hall–Kier alpha value is -0.860. The van der Waals surface area contributed by atoms with Crippen LogP contribution in [0.2, 0.25) is 0 Å². The van der Waals surface area contributed by atoms with Crippen LogP contribution in [0.4, 0.5) is 0 Å². The van der Waals surface area contributed by atoms with Crippen molar-refractivity contribution in [2.75, 3.05) is 0 Å². The molecule has 90 valence electrons. The molecule has 16 heavy (non-hydrogen) atoms. The molecule has 0 aromatic heterocycles. The van der Waals surface area contributed by atoms with E-state index < -0.39 is 0 Å². The van der Waals surface area contributed by atoms with E-state index >= 15 is 0 Å². The van der Waals surface area contributed by atoms with Crippen LogP contribution in [0.5, 0.6) is 0 Å². The van der Waals surface area contributed by atoms with E-state index in [-0.39, 0.29) is 5.54 Å². The maximum absolute atomic E-state index is 6.52. The molecule has 0 aliphatic heterocycles. The maximum atomic E-state index is 6.52. The molecular formula is C14H24N2. The molecule has 0 amide bonds. The second-order valence-electron chi connectivity index (χ2n) is 4.56. The van der Waals surface area contributed by atoms with Gasteiger partial charge in [-0.05, 0) is 24.0 Å². The van der Waals surface area contributed by atoms with E-state index in [0.29, 0.717) is 6.54 Å². The molecule has 0 saturated carbocycles. The van der Waals surface area contributed by atoms with Gasteiger partial charge < -0.3 is 11.5 Å². The average Bonchev–Trinajstić information content (AvgIpc) is 2.30. The van der Waals surface area contributed by atoms with Gasteiger partial charge in [0.05, 0.1) is 0 Å². The predicted octanol–water partition coefficient (Wildman–Crippen LogP) is 2.90. The van der Waals surface area contributed by atoms with E-state index in [4.69, 9.17) is 11.5 Å². The van der Waals surface area contributed by atoms with Crippen molar-refractivity contribution in [3.63, 3.8) is 0 Å². The quantitative estimate of drug-likeness (QED) is 0.774. The van der Waals surface area contributed by atoms with Gasteiger partial charge in [-0.25, -0.2) is 0 Å². The monoisotopic (exact) mass is 220 g/mol. The summed E-state index contributed by atoms with van der Waals surface area (Å²) in [5.41, 5.74) is 14.4. The van der Waals surface area contributed by atoms with E-state index in [9.17, 15) is 0 Å². The highest BCUT2D eigenvalue weighted by Crippen LogP contribution is 2.29. The highest BCUT2D eigenvalue weighted by atomic mass is 14.7. The van der Waals surface area contributed by atoms with Crippen molar-refractivity contribution in [1.82, 2.24) is 0 Å². The molecule has 0 radical (unpaired) electrons. The Morgan fingerprint density at radius 2 is 1.75 bits per heavy atom. The predicted molar refractivity (Wildman–Crippen MR) is 70.0 cm³/mol. The first-order chi connectivity index (χ1) is 7.66. The molecule has 0 saturated heterocycles. The van der Waals surface area contributed by atoms with Crippen LogP contribution < -0.4 is 11.5 Å². The van der Waals surface area contributed by atoms with Crippen molar-refractivity contribution in [1.29, 1.82) is 0 Å². The molecule has 0 bridgehead atoms. The lowest BCUT2D eigenvalue weighted by Gasteiger charge is -2.30. The van der Waals surface area contributed by atoms with Crippen LogP contribution in [0.15, 0.2) is 24.3 Å². The Bertz CT molecular complexity index is 314. The highest BCUT2D eigenvalue weighted by molar-refractivity contribution is 5.29. The molecule has 0 heterocycles. The van der Waals surface area contributed by atoms with Gasteiger partial charge in [0.25, 0.3) is 0 Å².